The predicted molar refractivity (Wildman–Crippen MR) is 86.4 cm³/mol. The number of carbonyl (C=O) groups is 1. The van der Waals surface area contributed by atoms with Gasteiger partial charge in [-0.3, -0.25) is 9.69 Å². The second-order valence-electron chi connectivity index (χ2n) is 4.86. The molecular formula is C17H14N4O. The number of hydrogen-bond acceptors (Lipinski definition) is 4. The van der Waals surface area contributed by atoms with E-state index >= 15 is 0 Å². The summed E-state index contributed by atoms with van der Waals surface area (Å²) < 4.78 is 0. The maximum Gasteiger partial charge on any atom is 0.210 e. The SMILES string of the molecule is C=C/N=C1\C(=C/C)C(=O)C(C#N)=C2N(C)c3ccccc3N21. The Morgan fingerprint density at radius 3 is 2.59 bits per heavy atom. The van der Waals surface area contributed by atoms with Crippen LogP contribution in [0.3, 0.4) is 0 Å². The van der Waals surface area contributed by atoms with Crippen molar-refractivity contribution in [2.24, 2.45) is 4.99 Å². The maximum absolute atomic E-state index is 12.6. The van der Waals surface area contributed by atoms with Crippen LogP contribution < -0.4 is 9.80 Å². The van der Waals surface area contributed by atoms with Gasteiger partial charge in [-0.15, -0.1) is 0 Å². The molecule has 0 bridgehead atoms. The second kappa shape index (κ2) is 5.01. The van der Waals surface area contributed by atoms with Crippen molar-refractivity contribution in [3.8, 4) is 6.07 Å². The van der Waals surface area contributed by atoms with Gasteiger partial charge < -0.3 is 4.90 Å². The molecule has 0 aromatic heterocycles. The molecule has 2 aliphatic heterocycles. The number of allylic oxidation sites excluding steroid dienone is 2. The number of Topliss-reactive ketones (excluding diaryl/α,β-unsaturated/α-hetero) is 1. The lowest BCUT2D eigenvalue weighted by Crippen LogP contribution is -2.41. The van der Waals surface area contributed by atoms with Gasteiger partial charge in [-0.1, -0.05) is 24.8 Å². The number of para-hydroxylation sites is 2. The summed E-state index contributed by atoms with van der Waals surface area (Å²) in [5.41, 5.74) is 2.34. The first kappa shape index (κ1) is 13.8. The summed E-state index contributed by atoms with van der Waals surface area (Å²) in [6.45, 7) is 5.39. The lowest BCUT2D eigenvalue weighted by atomic mass is 9.98. The molecule has 2 heterocycles. The number of aliphatic imine (C=N–C) groups is 1. The van der Waals surface area contributed by atoms with E-state index in [1.54, 1.807) is 13.0 Å². The predicted octanol–water partition coefficient (Wildman–Crippen LogP) is 2.75. The molecule has 22 heavy (non-hydrogen) atoms. The monoisotopic (exact) mass is 290 g/mol. The highest BCUT2D eigenvalue weighted by Gasteiger charge is 2.42. The molecule has 0 spiro atoms. The number of benzene rings is 1. The van der Waals surface area contributed by atoms with E-state index in [0.29, 0.717) is 17.2 Å². The van der Waals surface area contributed by atoms with Gasteiger partial charge in [0.15, 0.2) is 0 Å². The average molecular weight is 290 g/mol. The molecule has 0 fully saturated rings. The smallest absolute Gasteiger partial charge is 0.210 e. The number of rotatable bonds is 1. The summed E-state index contributed by atoms with van der Waals surface area (Å²) in [6.07, 6.45) is 3.09. The Hall–Kier alpha value is -3.13. The zero-order chi connectivity index (χ0) is 15.9. The van der Waals surface area contributed by atoms with Crippen molar-refractivity contribution in [2.45, 2.75) is 6.92 Å². The van der Waals surface area contributed by atoms with Gasteiger partial charge in [-0.25, -0.2) is 4.99 Å². The fourth-order valence-corrected chi connectivity index (χ4v) is 2.84. The Labute approximate surface area is 128 Å². The van der Waals surface area contributed by atoms with E-state index in [9.17, 15) is 10.1 Å². The van der Waals surface area contributed by atoms with Crippen molar-refractivity contribution in [1.29, 1.82) is 5.26 Å². The van der Waals surface area contributed by atoms with E-state index in [1.165, 1.54) is 6.20 Å². The average Bonchev–Trinajstić information content (AvgIpc) is 2.82. The Balaban J connectivity index is 2.40. The first-order valence-electron chi connectivity index (χ1n) is 6.83. The summed E-state index contributed by atoms with van der Waals surface area (Å²) in [5.74, 6) is 0.727. The van der Waals surface area contributed by atoms with Gasteiger partial charge >= 0.3 is 0 Å². The molecule has 5 nitrogen and oxygen atoms in total. The molecule has 108 valence electrons. The number of hydrogen-bond donors (Lipinski definition) is 0. The fraction of sp³-hybridized carbons (Fsp3) is 0.118. The first-order chi connectivity index (χ1) is 10.7. The lowest BCUT2D eigenvalue weighted by molar-refractivity contribution is -0.111. The molecule has 0 atom stereocenters. The third-order valence-electron chi connectivity index (χ3n) is 3.78. The number of amidine groups is 1. The van der Waals surface area contributed by atoms with E-state index in [-0.39, 0.29) is 11.4 Å². The van der Waals surface area contributed by atoms with Crippen LogP contribution in [0.25, 0.3) is 0 Å². The van der Waals surface area contributed by atoms with Crippen molar-refractivity contribution in [2.75, 3.05) is 16.8 Å². The highest BCUT2D eigenvalue weighted by molar-refractivity contribution is 6.37. The van der Waals surface area contributed by atoms with Crippen LogP contribution in [-0.2, 0) is 4.79 Å². The van der Waals surface area contributed by atoms with Gasteiger partial charge in [0.25, 0.3) is 0 Å². The summed E-state index contributed by atoms with van der Waals surface area (Å²) >= 11 is 0. The zero-order valence-electron chi connectivity index (χ0n) is 12.4. The van der Waals surface area contributed by atoms with Gasteiger partial charge in [-0.05, 0) is 19.1 Å². The summed E-state index contributed by atoms with van der Waals surface area (Å²) in [6, 6.07) is 9.76. The van der Waals surface area contributed by atoms with Crippen molar-refractivity contribution < 1.29 is 4.79 Å². The van der Waals surface area contributed by atoms with Crippen LogP contribution in [0.4, 0.5) is 11.4 Å². The molecule has 3 rings (SSSR count). The van der Waals surface area contributed by atoms with Crippen LogP contribution >= 0.6 is 0 Å². The minimum absolute atomic E-state index is 0.120. The van der Waals surface area contributed by atoms with Gasteiger partial charge in [0, 0.05) is 13.2 Å². The standard InChI is InChI=1S/C17H14N4O/c1-4-11-15(22)12(10-18)17-20(3)13-8-6-7-9-14(13)21(17)16(11)19-5-2/h4-9H,2H2,1,3H3/b11-4-,19-16+. The van der Waals surface area contributed by atoms with Gasteiger partial charge in [0.2, 0.25) is 5.78 Å². The molecule has 5 heteroatoms. The van der Waals surface area contributed by atoms with Gasteiger partial charge in [0.1, 0.15) is 23.3 Å². The van der Waals surface area contributed by atoms with Crippen LogP contribution in [0.2, 0.25) is 0 Å². The summed E-state index contributed by atoms with van der Waals surface area (Å²) in [4.78, 5) is 20.6. The summed E-state index contributed by atoms with van der Waals surface area (Å²) in [5, 5.41) is 9.47. The Bertz CT molecular complexity index is 823. The van der Waals surface area contributed by atoms with Crippen LogP contribution in [0.5, 0.6) is 0 Å². The number of fused-ring (bicyclic) bond motifs is 3. The largest absolute Gasteiger partial charge is 0.328 e. The van der Waals surface area contributed by atoms with E-state index in [1.807, 2.05) is 47.2 Å². The molecule has 0 unspecified atom stereocenters. The molecule has 0 N–H and O–H groups in total. The maximum atomic E-state index is 12.6. The van der Waals surface area contributed by atoms with E-state index in [2.05, 4.69) is 11.6 Å². The zero-order valence-corrected chi connectivity index (χ0v) is 12.4. The minimum Gasteiger partial charge on any atom is -0.328 e. The van der Waals surface area contributed by atoms with E-state index in [4.69, 9.17) is 0 Å². The third-order valence-corrected chi connectivity index (χ3v) is 3.78. The van der Waals surface area contributed by atoms with Gasteiger partial charge in [0.05, 0.1) is 16.9 Å². The molecule has 0 aliphatic carbocycles. The number of ketones is 1. The Morgan fingerprint density at radius 2 is 2.00 bits per heavy atom. The Kier molecular flexibility index (Phi) is 3.15. The molecule has 0 saturated heterocycles. The van der Waals surface area contributed by atoms with Crippen LogP contribution in [0, 0.1) is 11.3 Å². The van der Waals surface area contributed by atoms with E-state index < -0.39 is 0 Å². The second-order valence-corrected chi connectivity index (χ2v) is 4.86. The number of nitriles is 1. The van der Waals surface area contributed by atoms with Crippen LogP contribution in [0.1, 0.15) is 6.92 Å². The fourth-order valence-electron chi connectivity index (χ4n) is 2.84. The normalized spacial score (nSPS) is 20.3. The number of anilines is 2. The highest BCUT2D eigenvalue weighted by atomic mass is 16.1. The van der Waals surface area contributed by atoms with E-state index in [0.717, 1.165) is 11.4 Å². The Morgan fingerprint density at radius 1 is 1.32 bits per heavy atom. The van der Waals surface area contributed by atoms with Crippen LogP contribution in [-0.4, -0.2) is 18.7 Å². The third kappa shape index (κ3) is 1.64. The quantitative estimate of drug-likeness (QED) is 0.746. The van der Waals surface area contributed by atoms with Crippen LogP contribution in [0.15, 0.2) is 65.1 Å². The number of nitrogens with zero attached hydrogens (tertiary/aromatic N) is 4. The highest BCUT2D eigenvalue weighted by Crippen LogP contribution is 2.45. The molecule has 0 saturated carbocycles. The minimum atomic E-state index is -0.309. The van der Waals surface area contributed by atoms with Crippen molar-refractivity contribution >= 4 is 23.0 Å². The summed E-state index contributed by atoms with van der Waals surface area (Å²) in [7, 11) is 1.84. The molecule has 1 aromatic rings. The molecular weight excluding hydrogens is 276 g/mol. The lowest BCUT2D eigenvalue weighted by Gasteiger charge is -2.30. The molecule has 2 aliphatic rings. The number of carbonyl (C=O) groups excluding carboxylic acids is 1. The van der Waals surface area contributed by atoms with Crippen molar-refractivity contribution in [1.82, 2.24) is 0 Å². The molecule has 0 radical (unpaired) electrons. The van der Waals surface area contributed by atoms with Gasteiger partial charge in [-0.2, -0.15) is 5.26 Å². The first-order valence-corrected chi connectivity index (χ1v) is 6.83. The topological polar surface area (TPSA) is 59.7 Å². The molecule has 0 amide bonds. The molecule has 1 aromatic carbocycles. The van der Waals surface area contributed by atoms with Crippen molar-refractivity contribution in [3.05, 3.63) is 60.1 Å². The van der Waals surface area contributed by atoms with Crippen molar-refractivity contribution in [3.63, 3.8) is 0 Å².